The number of carbonyl (C=O) groups is 2. The normalized spacial score (nSPS) is 18.3. The van der Waals surface area contributed by atoms with Crippen molar-refractivity contribution in [1.29, 1.82) is 0 Å². The van der Waals surface area contributed by atoms with Crippen molar-refractivity contribution in [2.24, 2.45) is 0 Å². The van der Waals surface area contributed by atoms with E-state index in [0.29, 0.717) is 6.04 Å². The van der Waals surface area contributed by atoms with Crippen molar-refractivity contribution in [3.8, 4) is 0 Å². The minimum absolute atomic E-state index is 0.0841. The van der Waals surface area contributed by atoms with Gasteiger partial charge in [0.25, 0.3) is 0 Å². The third-order valence-electron chi connectivity index (χ3n) is 2.52. The number of rotatable bonds is 2. The first-order valence-electron chi connectivity index (χ1n) is 7.85. The molecule has 0 unspecified atom stereocenters. The zero-order valence-corrected chi connectivity index (χ0v) is 15.6. The highest BCUT2D eigenvalue weighted by molar-refractivity contribution is 5.71. The molecule has 7 nitrogen and oxygen atoms in total. The molecule has 1 aliphatic heterocycles. The summed E-state index contributed by atoms with van der Waals surface area (Å²) in [4.78, 5) is 23.8. The molecule has 2 atom stereocenters. The van der Waals surface area contributed by atoms with E-state index < -0.39 is 11.7 Å². The molecule has 1 rings (SSSR count). The van der Waals surface area contributed by atoms with E-state index in [2.05, 4.69) is 5.32 Å². The van der Waals surface area contributed by atoms with Crippen LogP contribution in [0.3, 0.4) is 0 Å². The smallest absolute Gasteiger partial charge is 0.410 e. The molecule has 136 valence electrons. The second-order valence-electron chi connectivity index (χ2n) is 7.71. The minimum Gasteiger partial charge on any atom is -0.444 e. The maximum absolute atomic E-state index is 11.1. The summed E-state index contributed by atoms with van der Waals surface area (Å²) in [5.41, 5.74) is -0.849. The van der Waals surface area contributed by atoms with E-state index >= 15 is 0 Å². The second-order valence-corrected chi connectivity index (χ2v) is 7.71. The lowest BCUT2D eigenvalue weighted by Gasteiger charge is -2.21. The van der Waals surface area contributed by atoms with Crippen LogP contribution in [-0.2, 0) is 9.47 Å². The number of aliphatic hydroxyl groups is 1. The molecular formula is C16H32N2O5. The van der Waals surface area contributed by atoms with Gasteiger partial charge in [-0.05, 0) is 55.4 Å². The highest BCUT2D eigenvalue weighted by atomic mass is 16.6. The molecular weight excluding hydrogens is 300 g/mol. The molecule has 0 aromatic rings. The van der Waals surface area contributed by atoms with Crippen LogP contribution in [0.25, 0.3) is 0 Å². The lowest BCUT2D eigenvalue weighted by atomic mass is 10.2. The lowest BCUT2D eigenvalue weighted by Crippen LogP contribution is -2.39. The monoisotopic (exact) mass is 332 g/mol. The molecule has 1 heterocycles. The van der Waals surface area contributed by atoms with Crippen molar-refractivity contribution in [3.05, 3.63) is 0 Å². The van der Waals surface area contributed by atoms with Gasteiger partial charge in [-0.2, -0.15) is 0 Å². The van der Waals surface area contributed by atoms with Crippen LogP contribution in [0.2, 0.25) is 0 Å². The molecule has 0 saturated carbocycles. The molecule has 23 heavy (non-hydrogen) atoms. The number of nitrogens with zero attached hydrogens (tertiary/aromatic N) is 1. The van der Waals surface area contributed by atoms with Gasteiger partial charge in [-0.25, -0.2) is 9.59 Å². The third-order valence-corrected chi connectivity index (χ3v) is 2.52. The Balaban J connectivity index is 0.000000422. The van der Waals surface area contributed by atoms with Gasteiger partial charge in [0, 0.05) is 6.54 Å². The van der Waals surface area contributed by atoms with Crippen molar-refractivity contribution < 1.29 is 24.2 Å². The van der Waals surface area contributed by atoms with E-state index in [1.807, 2.05) is 27.7 Å². The molecule has 0 radical (unpaired) electrons. The number of nitrogens with one attached hydrogen (secondary N) is 1. The van der Waals surface area contributed by atoms with Crippen molar-refractivity contribution in [2.75, 3.05) is 13.2 Å². The number of hydrogen-bond acceptors (Lipinski definition) is 5. The van der Waals surface area contributed by atoms with Gasteiger partial charge in [-0.15, -0.1) is 0 Å². The largest absolute Gasteiger partial charge is 0.444 e. The molecule has 0 aromatic carbocycles. The molecule has 0 aliphatic carbocycles. The number of amides is 2. The van der Waals surface area contributed by atoms with Gasteiger partial charge in [0.05, 0.1) is 18.7 Å². The molecule has 0 spiro atoms. The third kappa shape index (κ3) is 11.7. The predicted molar refractivity (Wildman–Crippen MR) is 88.3 cm³/mol. The fraction of sp³-hybridized carbons (Fsp3) is 0.875. The molecule has 7 heteroatoms. The molecule has 1 saturated heterocycles. The molecule has 0 aromatic heterocycles. The average molecular weight is 332 g/mol. The van der Waals surface area contributed by atoms with Crippen LogP contribution < -0.4 is 5.32 Å². The summed E-state index contributed by atoms with van der Waals surface area (Å²) in [7, 11) is 0. The topological polar surface area (TPSA) is 87.9 Å². The summed E-state index contributed by atoms with van der Waals surface area (Å²) in [6.07, 6.45) is -0.686. The van der Waals surface area contributed by atoms with Crippen LogP contribution in [0.1, 0.15) is 55.4 Å². The number of alkyl carbamates (subject to hydrolysis) is 1. The predicted octanol–water partition coefficient (Wildman–Crippen LogP) is 2.52. The fourth-order valence-electron chi connectivity index (χ4n) is 1.37. The molecule has 1 fully saturated rings. The van der Waals surface area contributed by atoms with Crippen LogP contribution in [0.4, 0.5) is 9.59 Å². The summed E-state index contributed by atoms with van der Waals surface area (Å²) < 4.78 is 10.1. The van der Waals surface area contributed by atoms with Gasteiger partial charge >= 0.3 is 12.2 Å². The first-order valence-corrected chi connectivity index (χ1v) is 7.85. The second kappa shape index (κ2) is 8.38. The average Bonchev–Trinajstić information content (AvgIpc) is 3.02. The van der Waals surface area contributed by atoms with Gasteiger partial charge in [0.2, 0.25) is 0 Å². The lowest BCUT2D eigenvalue weighted by molar-refractivity contribution is 0.0408. The summed E-state index contributed by atoms with van der Waals surface area (Å²) >= 11 is 0. The SMILES string of the molecule is C[C@@H]1CN1C(=O)OC(C)(C)C.C[C@H](CO)NC(=O)OC(C)(C)C. The Hall–Kier alpha value is -1.50. The van der Waals surface area contributed by atoms with Crippen LogP contribution >= 0.6 is 0 Å². The molecule has 2 amide bonds. The fourth-order valence-corrected chi connectivity index (χ4v) is 1.37. The minimum atomic E-state index is -0.496. The quantitative estimate of drug-likeness (QED) is 0.759. The zero-order valence-electron chi connectivity index (χ0n) is 15.6. The van der Waals surface area contributed by atoms with Crippen LogP contribution in [0.5, 0.6) is 0 Å². The van der Waals surface area contributed by atoms with Crippen molar-refractivity contribution in [3.63, 3.8) is 0 Å². The Morgan fingerprint density at radius 2 is 1.61 bits per heavy atom. The van der Waals surface area contributed by atoms with Crippen molar-refractivity contribution in [1.82, 2.24) is 10.2 Å². The molecule has 2 N–H and O–H groups in total. The number of hydrogen-bond donors (Lipinski definition) is 2. The summed E-state index contributed by atoms with van der Waals surface area (Å²) in [5, 5.41) is 11.1. The standard InChI is InChI=1S/C8H17NO3.C8H15NO2/c1-6(5-10)9-7(11)12-8(2,3)4;1-6-5-9(6)7(10)11-8(2,3)4/h6,10H,5H2,1-4H3,(H,9,11);6H,5H2,1-4H3/t6-;6-,9?/m11/s1. The van der Waals surface area contributed by atoms with E-state index in [0.717, 1.165) is 6.54 Å². The Bertz CT molecular complexity index is 398. The Labute approximate surface area is 139 Å². The van der Waals surface area contributed by atoms with Gasteiger partial charge in [0.1, 0.15) is 11.2 Å². The first-order chi connectivity index (χ1) is 10.2. The highest BCUT2D eigenvalue weighted by Crippen LogP contribution is 2.20. The Kier molecular flexibility index (Phi) is 7.83. The van der Waals surface area contributed by atoms with Crippen LogP contribution in [0, 0.1) is 0 Å². The Morgan fingerprint density at radius 1 is 1.17 bits per heavy atom. The number of ether oxygens (including phenoxy) is 2. The van der Waals surface area contributed by atoms with Gasteiger partial charge in [0.15, 0.2) is 0 Å². The zero-order chi connectivity index (χ0) is 18.4. The van der Waals surface area contributed by atoms with Gasteiger partial charge < -0.3 is 24.8 Å². The van der Waals surface area contributed by atoms with Crippen LogP contribution in [0.15, 0.2) is 0 Å². The van der Waals surface area contributed by atoms with Crippen molar-refractivity contribution >= 4 is 12.2 Å². The first kappa shape index (κ1) is 21.5. The Morgan fingerprint density at radius 3 is 1.91 bits per heavy atom. The summed E-state index contributed by atoms with van der Waals surface area (Å²) in [6.45, 7) is 15.4. The number of carbonyl (C=O) groups excluding carboxylic acids is 2. The van der Waals surface area contributed by atoms with E-state index in [1.54, 1.807) is 32.6 Å². The van der Waals surface area contributed by atoms with Gasteiger partial charge in [-0.1, -0.05) is 0 Å². The number of aliphatic hydroxyl groups excluding tert-OH is 1. The van der Waals surface area contributed by atoms with Crippen molar-refractivity contribution in [2.45, 2.75) is 78.7 Å². The maximum atomic E-state index is 11.1. The maximum Gasteiger partial charge on any atom is 0.410 e. The van der Waals surface area contributed by atoms with E-state index in [1.165, 1.54) is 0 Å². The van der Waals surface area contributed by atoms with E-state index in [-0.39, 0.29) is 24.3 Å². The molecule has 0 bridgehead atoms. The highest BCUT2D eigenvalue weighted by Gasteiger charge is 2.37. The van der Waals surface area contributed by atoms with Crippen LogP contribution in [-0.4, -0.2) is 58.6 Å². The molecule has 1 aliphatic rings. The summed E-state index contributed by atoms with van der Waals surface area (Å²) in [5.74, 6) is 0. The van der Waals surface area contributed by atoms with E-state index in [4.69, 9.17) is 14.6 Å². The van der Waals surface area contributed by atoms with E-state index in [9.17, 15) is 9.59 Å². The van der Waals surface area contributed by atoms with Gasteiger partial charge in [-0.3, -0.25) is 0 Å². The summed E-state index contributed by atoms with van der Waals surface area (Å²) in [6, 6.07) is 0.115.